The zero-order valence-corrected chi connectivity index (χ0v) is 30.4. The summed E-state index contributed by atoms with van der Waals surface area (Å²) in [5, 5.41) is 4.95. The maximum Gasteiger partial charge on any atom is 0.0641 e. The summed E-state index contributed by atoms with van der Waals surface area (Å²) in [7, 11) is 0. The molecule has 0 atom stereocenters. The Morgan fingerprint density at radius 2 is 0.911 bits per heavy atom. The predicted molar refractivity (Wildman–Crippen MR) is 234 cm³/mol. The highest BCUT2D eigenvalue weighted by atomic mass is 15.2. The molecule has 0 N–H and O–H groups in total. The van der Waals surface area contributed by atoms with Gasteiger partial charge in [0.15, 0.2) is 0 Å². The lowest BCUT2D eigenvalue weighted by molar-refractivity contribution is 1.13. The molecule has 0 fully saturated rings. The Balaban J connectivity index is 1.13. The molecule has 0 saturated heterocycles. The zero-order chi connectivity index (χ0) is 36.7. The van der Waals surface area contributed by atoms with E-state index in [1.807, 2.05) is 0 Å². The van der Waals surface area contributed by atoms with Gasteiger partial charge in [-0.2, -0.15) is 0 Å². The first-order chi connectivity index (χ1) is 27.8. The number of hydrogen-bond acceptors (Lipinski definition) is 1. The molecule has 0 saturated carbocycles. The van der Waals surface area contributed by atoms with Crippen molar-refractivity contribution in [2.45, 2.75) is 0 Å². The predicted octanol–water partition coefficient (Wildman–Crippen LogP) is 13.8. The number of anilines is 3. The first kappa shape index (κ1) is 30.9. The maximum atomic E-state index is 2.47. The Bertz CT molecular complexity index is 3310. The molecule has 4 nitrogen and oxygen atoms in total. The smallest absolute Gasteiger partial charge is 0.0641 e. The standard InChI is InChI=1S/C52H34N4/c1-3-16-35(17-4-1)53-33-32-44-45(53)31-30-40-39-22-7-11-26-46(39)56(51(40)44)38-21-15-20-37(34-38)54-47-27-12-8-23-41(47)50-42-24-9-13-28-48(42)55(36-18-5-2-6-19-36)52(50)43-25-10-14-29-49(43)54/h1-34H. The van der Waals surface area contributed by atoms with Crippen molar-refractivity contribution in [2.24, 2.45) is 0 Å². The molecule has 12 rings (SSSR count). The van der Waals surface area contributed by atoms with Crippen LogP contribution in [0.4, 0.5) is 17.1 Å². The Morgan fingerprint density at radius 3 is 1.70 bits per heavy atom. The van der Waals surface area contributed by atoms with Gasteiger partial charge < -0.3 is 18.6 Å². The molecule has 3 aromatic heterocycles. The van der Waals surface area contributed by atoms with Crippen molar-refractivity contribution in [3.63, 3.8) is 0 Å². The highest BCUT2D eigenvalue weighted by Gasteiger charge is 2.31. The molecule has 0 aliphatic carbocycles. The fourth-order valence-corrected chi connectivity index (χ4v) is 9.30. The number of rotatable bonds is 4. The lowest BCUT2D eigenvalue weighted by Gasteiger charge is -2.28. The van der Waals surface area contributed by atoms with Gasteiger partial charge >= 0.3 is 0 Å². The maximum absolute atomic E-state index is 2.47. The van der Waals surface area contributed by atoms with E-state index in [0.717, 1.165) is 34.1 Å². The van der Waals surface area contributed by atoms with E-state index in [-0.39, 0.29) is 0 Å². The average Bonchev–Trinajstić information content (AvgIpc) is 3.93. The molecule has 262 valence electrons. The SMILES string of the molecule is c1ccc(-n2ccc3c2ccc2c4ccccc4n(-c4cccc(N5c6ccccc6-c6c(n(-c7ccccc7)c7ccccc67)-c6ccccc65)c4)c23)cc1. The van der Waals surface area contributed by atoms with Crippen LogP contribution in [0.2, 0.25) is 0 Å². The van der Waals surface area contributed by atoms with Crippen LogP contribution in [-0.2, 0) is 0 Å². The fraction of sp³-hybridized carbons (Fsp3) is 0. The van der Waals surface area contributed by atoms with Gasteiger partial charge in [-0.25, -0.2) is 0 Å². The molecule has 1 aliphatic rings. The number of hydrogen-bond donors (Lipinski definition) is 0. The molecule has 4 heteroatoms. The molecule has 0 spiro atoms. The van der Waals surface area contributed by atoms with Gasteiger partial charge in [-0.1, -0.05) is 121 Å². The van der Waals surface area contributed by atoms with Crippen LogP contribution in [0.15, 0.2) is 206 Å². The number of nitrogens with zero attached hydrogens (tertiary/aromatic N) is 4. The van der Waals surface area contributed by atoms with Gasteiger partial charge in [-0.05, 0) is 78.9 Å². The van der Waals surface area contributed by atoms with E-state index in [1.54, 1.807) is 0 Å². The van der Waals surface area contributed by atoms with E-state index in [9.17, 15) is 0 Å². The van der Waals surface area contributed by atoms with Crippen molar-refractivity contribution in [1.29, 1.82) is 0 Å². The molecule has 0 bridgehead atoms. The second-order valence-electron chi connectivity index (χ2n) is 14.6. The Kier molecular flexibility index (Phi) is 6.60. The van der Waals surface area contributed by atoms with Gasteiger partial charge in [0.25, 0.3) is 0 Å². The summed E-state index contributed by atoms with van der Waals surface area (Å²) in [4.78, 5) is 2.47. The van der Waals surface area contributed by atoms with E-state index in [0.29, 0.717) is 0 Å². The number of fused-ring (bicyclic) bond motifs is 12. The molecule has 0 amide bonds. The highest BCUT2D eigenvalue weighted by molar-refractivity contribution is 6.19. The normalized spacial score (nSPS) is 12.2. The van der Waals surface area contributed by atoms with Crippen molar-refractivity contribution in [3.8, 4) is 39.4 Å². The second-order valence-corrected chi connectivity index (χ2v) is 14.6. The molecule has 11 aromatic rings. The third kappa shape index (κ3) is 4.35. The van der Waals surface area contributed by atoms with Crippen molar-refractivity contribution in [3.05, 3.63) is 206 Å². The van der Waals surface area contributed by atoms with Crippen LogP contribution in [0.25, 0.3) is 83.1 Å². The van der Waals surface area contributed by atoms with Crippen LogP contribution < -0.4 is 4.90 Å². The number of aromatic nitrogens is 3. The molecule has 8 aromatic carbocycles. The van der Waals surface area contributed by atoms with E-state index < -0.39 is 0 Å². The molecule has 0 unspecified atom stereocenters. The van der Waals surface area contributed by atoms with E-state index in [1.165, 1.54) is 66.0 Å². The molecule has 0 radical (unpaired) electrons. The van der Waals surface area contributed by atoms with E-state index in [2.05, 4.69) is 225 Å². The summed E-state index contributed by atoms with van der Waals surface area (Å²) < 4.78 is 7.21. The zero-order valence-electron chi connectivity index (χ0n) is 30.4. The number of benzene rings is 8. The first-order valence-electron chi connectivity index (χ1n) is 19.2. The van der Waals surface area contributed by atoms with Crippen molar-refractivity contribution in [1.82, 2.24) is 13.7 Å². The van der Waals surface area contributed by atoms with E-state index >= 15 is 0 Å². The third-order valence-electron chi connectivity index (χ3n) is 11.6. The minimum Gasteiger partial charge on any atom is -0.316 e. The van der Waals surface area contributed by atoms with Crippen molar-refractivity contribution < 1.29 is 0 Å². The summed E-state index contributed by atoms with van der Waals surface area (Å²) in [6.45, 7) is 0. The first-order valence-corrected chi connectivity index (χ1v) is 19.2. The van der Waals surface area contributed by atoms with Crippen molar-refractivity contribution >= 4 is 60.7 Å². The summed E-state index contributed by atoms with van der Waals surface area (Å²) in [6, 6.07) is 72.8. The van der Waals surface area contributed by atoms with Gasteiger partial charge in [0.2, 0.25) is 0 Å². The van der Waals surface area contributed by atoms with Crippen molar-refractivity contribution in [2.75, 3.05) is 4.90 Å². The van der Waals surface area contributed by atoms with Crippen LogP contribution in [0.5, 0.6) is 0 Å². The quantitative estimate of drug-likeness (QED) is 0.177. The van der Waals surface area contributed by atoms with Crippen LogP contribution in [0, 0.1) is 0 Å². The molecular formula is C52H34N4. The number of para-hydroxylation sites is 6. The van der Waals surface area contributed by atoms with Gasteiger partial charge in [0, 0.05) is 67.2 Å². The van der Waals surface area contributed by atoms with Crippen LogP contribution >= 0.6 is 0 Å². The third-order valence-corrected chi connectivity index (χ3v) is 11.6. The summed E-state index contributed by atoms with van der Waals surface area (Å²) >= 11 is 0. The summed E-state index contributed by atoms with van der Waals surface area (Å²) in [5.74, 6) is 0. The lowest BCUT2D eigenvalue weighted by atomic mass is 9.98. The molecular weight excluding hydrogens is 681 g/mol. The summed E-state index contributed by atoms with van der Waals surface area (Å²) in [6.07, 6.45) is 2.20. The van der Waals surface area contributed by atoms with Crippen LogP contribution in [0.1, 0.15) is 0 Å². The fourth-order valence-electron chi connectivity index (χ4n) is 9.30. The Labute approximate surface area is 324 Å². The van der Waals surface area contributed by atoms with Crippen LogP contribution in [0.3, 0.4) is 0 Å². The monoisotopic (exact) mass is 714 g/mol. The summed E-state index contributed by atoms with van der Waals surface area (Å²) in [5.41, 5.74) is 16.4. The highest BCUT2D eigenvalue weighted by Crippen LogP contribution is 2.54. The van der Waals surface area contributed by atoms with Gasteiger partial charge in [0.1, 0.15) is 0 Å². The lowest BCUT2D eigenvalue weighted by Crippen LogP contribution is -2.11. The molecule has 4 heterocycles. The largest absolute Gasteiger partial charge is 0.316 e. The topological polar surface area (TPSA) is 18.0 Å². The van der Waals surface area contributed by atoms with Crippen LogP contribution in [-0.4, -0.2) is 13.7 Å². The van der Waals surface area contributed by atoms with E-state index in [4.69, 9.17) is 0 Å². The second kappa shape index (κ2) is 12.0. The van der Waals surface area contributed by atoms with Gasteiger partial charge in [0.05, 0.1) is 39.1 Å². The molecule has 1 aliphatic heterocycles. The Hall–Kier alpha value is -7.56. The van der Waals surface area contributed by atoms with Gasteiger partial charge in [-0.3, -0.25) is 0 Å². The average molecular weight is 715 g/mol. The molecule has 56 heavy (non-hydrogen) atoms. The Morgan fingerprint density at radius 1 is 0.321 bits per heavy atom. The minimum absolute atomic E-state index is 1.10. The van der Waals surface area contributed by atoms with Gasteiger partial charge in [-0.15, -0.1) is 0 Å². The minimum atomic E-state index is 1.10.